The Morgan fingerprint density at radius 2 is 2.24 bits per heavy atom. The van der Waals surface area contributed by atoms with E-state index in [1.54, 1.807) is 4.90 Å². The molecule has 0 radical (unpaired) electrons. The van der Waals surface area contributed by atoms with Crippen molar-refractivity contribution in [1.82, 2.24) is 9.27 Å². The van der Waals surface area contributed by atoms with Crippen LogP contribution in [-0.2, 0) is 0 Å². The van der Waals surface area contributed by atoms with Gasteiger partial charge in [0.25, 0.3) is 5.91 Å². The maximum atomic E-state index is 12.3. The van der Waals surface area contributed by atoms with Crippen molar-refractivity contribution in [3.05, 3.63) is 23.9 Å². The summed E-state index contributed by atoms with van der Waals surface area (Å²) in [5, 5.41) is 0.715. The van der Waals surface area contributed by atoms with Gasteiger partial charge in [0.2, 0.25) is 0 Å². The predicted octanol–water partition coefficient (Wildman–Crippen LogP) is 2.05. The second-order valence-corrected chi connectivity index (χ2v) is 5.80. The van der Waals surface area contributed by atoms with Crippen molar-refractivity contribution in [3.8, 4) is 0 Å². The number of rotatable bonds is 4. The summed E-state index contributed by atoms with van der Waals surface area (Å²) in [6.45, 7) is 4.21. The Morgan fingerprint density at radius 3 is 2.95 bits per heavy atom. The zero-order valence-corrected chi connectivity index (χ0v) is 12.5. The van der Waals surface area contributed by atoms with Gasteiger partial charge in [0.05, 0.1) is 4.70 Å². The molecule has 1 fully saturated rings. The van der Waals surface area contributed by atoms with Crippen LogP contribution in [0, 0.1) is 0 Å². The first kappa shape index (κ1) is 13.8. The summed E-state index contributed by atoms with van der Waals surface area (Å²) in [6.07, 6.45) is 0.943. The van der Waals surface area contributed by atoms with E-state index in [1.165, 1.54) is 11.5 Å². The standard InChI is InChI=1S/C14H16N4O2S/c1-2-5-17-6-7-18(14(17)20)9-3-4-11-10(8-9)12(13(15)19)16-21-11/h3-4,8H,2,5-7H2,1H3,(H2,15,19). The van der Waals surface area contributed by atoms with E-state index in [0.717, 1.165) is 29.9 Å². The molecule has 1 aromatic heterocycles. The maximum Gasteiger partial charge on any atom is 0.324 e. The Kier molecular flexibility index (Phi) is 3.50. The van der Waals surface area contributed by atoms with Crippen molar-refractivity contribution in [3.63, 3.8) is 0 Å². The average Bonchev–Trinajstić information content (AvgIpc) is 3.03. The van der Waals surface area contributed by atoms with E-state index in [4.69, 9.17) is 5.73 Å². The SMILES string of the molecule is CCCN1CCN(c2ccc3snc(C(N)=O)c3c2)C1=O. The van der Waals surface area contributed by atoms with Crippen LogP contribution < -0.4 is 10.6 Å². The molecule has 0 saturated carbocycles. The number of amides is 3. The number of hydrogen-bond acceptors (Lipinski definition) is 4. The Bertz CT molecular complexity index is 712. The van der Waals surface area contributed by atoms with Gasteiger partial charge in [0.15, 0.2) is 0 Å². The Balaban J connectivity index is 1.96. The first-order chi connectivity index (χ1) is 10.1. The number of anilines is 1. The fraction of sp³-hybridized carbons (Fsp3) is 0.357. The average molecular weight is 304 g/mol. The van der Waals surface area contributed by atoms with Gasteiger partial charge in [-0.3, -0.25) is 9.69 Å². The molecular weight excluding hydrogens is 288 g/mol. The Morgan fingerprint density at radius 1 is 1.43 bits per heavy atom. The van der Waals surface area contributed by atoms with Crippen molar-refractivity contribution >= 4 is 39.2 Å². The van der Waals surface area contributed by atoms with Crippen LogP contribution in [0.15, 0.2) is 18.2 Å². The second-order valence-electron chi connectivity index (χ2n) is 5.00. The smallest absolute Gasteiger partial charge is 0.324 e. The topological polar surface area (TPSA) is 79.5 Å². The van der Waals surface area contributed by atoms with Crippen LogP contribution in [-0.4, -0.2) is 40.8 Å². The fourth-order valence-corrected chi connectivity index (χ4v) is 3.33. The van der Waals surface area contributed by atoms with Gasteiger partial charge < -0.3 is 10.6 Å². The number of benzene rings is 1. The molecule has 1 aromatic carbocycles. The highest BCUT2D eigenvalue weighted by molar-refractivity contribution is 7.13. The largest absolute Gasteiger partial charge is 0.364 e. The van der Waals surface area contributed by atoms with Gasteiger partial charge in [0, 0.05) is 30.7 Å². The molecular formula is C14H16N4O2S. The number of nitrogens with zero attached hydrogens (tertiary/aromatic N) is 3. The third-order valence-corrected chi connectivity index (χ3v) is 4.41. The number of hydrogen-bond donors (Lipinski definition) is 1. The Hall–Kier alpha value is -2.15. The molecule has 0 aliphatic carbocycles. The summed E-state index contributed by atoms with van der Waals surface area (Å²) < 4.78 is 4.97. The van der Waals surface area contributed by atoms with Gasteiger partial charge in [0.1, 0.15) is 5.69 Å². The first-order valence-corrected chi connectivity index (χ1v) is 7.65. The minimum atomic E-state index is -0.543. The van der Waals surface area contributed by atoms with Gasteiger partial charge >= 0.3 is 6.03 Å². The van der Waals surface area contributed by atoms with Gasteiger partial charge in [-0.2, -0.15) is 4.37 Å². The minimum Gasteiger partial charge on any atom is -0.364 e. The molecule has 3 amide bonds. The molecule has 21 heavy (non-hydrogen) atoms. The number of primary amides is 1. The number of fused-ring (bicyclic) bond motifs is 1. The molecule has 0 spiro atoms. The van der Waals surface area contributed by atoms with Crippen molar-refractivity contribution in [2.45, 2.75) is 13.3 Å². The zero-order chi connectivity index (χ0) is 15.0. The van der Waals surface area contributed by atoms with Crippen molar-refractivity contribution in [2.75, 3.05) is 24.5 Å². The van der Waals surface area contributed by atoms with Crippen LogP contribution in [0.3, 0.4) is 0 Å². The van der Waals surface area contributed by atoms with Crippen LogP contribution >= 0.6 is 11.5 Å². The number of urea groups is 1. The van der Waals surface area contributed by atoms with E-state index in [9.17, 15) is 9.59 Å². The molecule has 1 aliphatic rings. The highest BCUT2D eigenvalue weighted by atomic mass is 32.1. The molecule has 2 N–H and O–H groups in total. The van der Waals surface area contributed by atoms with Gasteiger partial charge in [-0.05, 0) is 36.2 Å². The molecule has 1 saturated heterocycles. The number of carbonyl (C=O) groups is 2. The molecule has 6 nitrogen and oxygen atoms in total. The first-order valence-electron chi connectivity index (χ1n) is 6.87. The van der Waals surface area contributed by atoms with E-state index in [0.29, 0.717) is 11.9 Å². The van der Waals surface area contributed by atoms with Crippen molar-refractivity contribution < 1.29 is 9.59 Å². The van der Waals surface area contributed by atoms with Gasteiger partial charge in [-0.1, -0.05) is 6.92 Å². The molecule has 3 rings (SSSR count). The normalized spacial score (nSPS) is 15.2. The zero-order valence-electron chi connectivity index (χ0n) is 11.7. The molecule has 1 aliphatic heterocycles. The summed E-state index contributed by atoms with van der Waals surface area (Å²) >= 11 is 1.24. The third-order valence-electron chi connectivity index (χ3n) is 3.59. The number of carbonyl (C=O) groups excluding carboxylic acids is 2. The molecule has 0 unspecified atom stereocenters. The lowest BCUT2D eigenvalue weighted by Crippen LogP contribution is -2.32. The summed E-state index contributed by atoms with van der Waals surface area (Å²) in [7, 11) is 0. The summed E-state index contributed by atoms with van der Waals surface area (Å²) in [5.74, 6) is -0.543. The lowest BCUT2D eigenvalue weighted by Gasteiger charge is -2.18. The maximum absolute atomic E-state index is 12.3. The minimum absolute atomic E-state index is 0.0139. The van der Waals surface area contributed by atoms with E-state index in [1.807, 2.05) is 23.1 Å². The summed E-state index contributed by atoms with van der Waals surface area (Å²) in [5.41, 5.74) is 6.39. The predicted molar refractivity (Wildman–Crippen MR) is 82.7 cm³/mol. The monoisotopic (exact) mass is 304 g/mol. The molecule has 0 atom stereocenters. The van der Waals surface area contributed by atoms with Crippen molar-refractivity contribution in [2.24, 2.45) is 5.73 Å². The van der Waals surface area contributed by atoms with Gasteiger partial charge in [-0.15, -0.1) is 0 Å². The molecule has 0 bridgehead atoms. The van der Waals surface area contributed by atoms with Crippen LogP contribution in [0.25, 0.3) is 10.1 Å². The van der Waals surface area contributed by atoms with Gasteiger partial charge in [-0.25, -0.2) is 4.79 Å². The van der Waals surface area contributed by atoms with E-state index in [2.05, 4.69) is 11.3 Å². The van der Waals surface area contributed by atoms with E-state index >= 15 is 0 Å². The molecule has 2 aromatic rings. The highest BCUT2D eigenvalue weighted by Crippen LogP contribution is 2.29. The Labute approximate surface area is 126 Å². The van der Waals surface area contributed by atoms with Crippen LogP contribution in [0.1, 0.15) is 23.8 Å². The molecule has 7 heteroatoms. The molecule has 110 valence electrons. The number of aromatic nitrogens is 1. The van der Waals surface area contributed by atoms with Crippen LogP contribution in [0.5, 0.6) is 0 Å². The third kappa shape index (κ3) is 2.33. The second kappa shape index (κ2) is 5.33. The number of nitrogens with two attached hydrogens (primary N) is 1. The summed E-state index contributed by atoms with van der Waals surface area (Å²) in [4.78, 5) is 27.3. The van der Waals surface area contributed by atoms with E-state index in [-0.39, 0.29) is 11.7 Å². The lowest BCUT2D eigenvalue weighted by molar-refractivity contribution is 0.0998. The van der Waals surface area contributed by atoms with Crippen molar-refractivity contribution in [1.29, 1.82) is 0 Å². The molecule has 2 heterocycles. The van der Waals surface area contributed by atoms with E-state index < -0.39 is 5.91 Å². The fourth-order valence-electron chi connectivity index (χ4n) is 2.57. The quantitative estimate of drug-likeness (QED) is 0.938. The highest BCUT2D eigenvalue weighted by Gasteiger charge is 2.29. The lowest BCUT2D eigenvalue weighted by atomic mass is 10.2. The van der Waals surface area contributed by atoms with Crippen LogP contribution in [0.2, 0.25) is 0 Å². The summed E-state index contributed by atoms with van der Waals surface area (Å²) in [6, 6.07) is 5.61. The van der Waals surface area contributed by atoms with Crippen LogP contribution in [0.4, 0.5) is 10.5 Å².